The summed E-state index contributed by atoms with van der Waals surface area (Å²) < 4.78 is 12.3. The molecule has 0 radical (unpaired) electrons. The Morgan fingerprint density at radius 3 is 2.52 bits per heavy atom. The standard InChI is InChI=1S/C22H30BrN3O3/c1-5-28-20-13-17(14-24-10-11-26(3)4)12-19(23)22(20)29-15-21(27)25-18-8-6-16(2)7-9-18/h6-9,12-13,24H,5,10-11,14-15H2,1-4H3,(H,25,27). The molecule has 1 amide bonds. The molecule has 2 rings (SSSR count). The van der Waals surface area contributed by atoms with Crippen molar-refractivity contribution in [1.29, 1.82) is 0 Å². The molecule has 0 saturated heterocycles. The van der Waals surface area contributed by atoms with Crippen LogP contribution in [0.25, 0.3) is 0 Å². The van der Waals surface area contributed by atoms with Gasteiger partial charge in [-0.1, -0.05) is 17.7 Å². The van der Waals surface area contributed by atoms with Gasteiger partial charge in [0.25, 0.3) is 5.91 Å². The highest BCUT2D eigenvalue weighted by atomic mass is 79.9. The molecule has 158 valence electrons. The highest BCUT2D eigenvalue weighted by molar-refractivity contribution is 9.10. The van der Waals surface area contributed by atoms with E-state index >= 15 is 0 Å². The van der Waals surface area contributed by atoms with Gasteiger partial charge in [-0.2, -0.15) is 0 Å². The number of amides is 1. The molecule has 2 aromatic carbocycles. The van der Waals surface area contributed by atoms with E-state index in [0.29, 0.717) is 18.1 Å². The molecule has 0 atom stereocenters. The number of likely N-dealkylation sites (N-methyl/N-ethyl adjacent to an activating group) is 1. The molecule has 0 bridgehead atoms. The number of hydrogen-bond acceptors (Lipinski definition) is 5. The van der Waals surface area contributed by atoms with Gasteiger partial charge >= 0.3 is 0 Å². The highest BCUT2D eigenvalue weighted by Crippen LogP contribution is 2.37. The monoisotopic (exact) mass is 463 g/mol. The van der Waals surface area contributed by atoms with Crippen molar-refractivity contribution in [3.63, 3.8) is 0 Å². The van der Waals surface area contributed by atoms with E-state index in [-0.39, 0.29) is 12.5 Å². The van der Waals surface area contributed by atoms with Crippen LogP contribution in [0, 0.1) is 6.92 Å². The van der Waals surface area contributed by atoms with Gasteiger partial charge in [0, 0.05) is 25.3 Å². The van der Waals surface area contributed by atoms with Gasteiger partial charge in [0.05, 0.1) is 11.1 Å². The molecule has 0 unspecified atom stereocenters. The second-order valence-corrected chi connectivity index (χ2v) is 7.88. The van der Waals surface area contributed by atoms with Crippen molar-refractivity contribution >= 4 is 27.5 Å². The zero-order valence-corrected chi connectivity index (χ0v) is 19.1. The van der Waals surface area contributed by atoms with Crippen LogP contribution < -0.4 is 20.1 Å². The molecule has 29 heavy (non-hydrogen) atoms. The van der Waals surface area contributed by atoms with E-state index in [1.54, 1.807) is 0 Å². The smallest absolute Gasteiger partial charge is 0.262 e. The lowest BCUT2D eigenvalue weighted by Gasteiger charge is -2.16. The van der Waals surface area contributed by atoms with Gasteiger partial charge in [-0.25, -0.2) is 0 Å². The summed E-state index contributed by atoms with van der Waals surface area (Å²) in [6.07, 6.45) is 0. The number of aryl methyl sites for hydroxylation is 1. The first kappa shape index (κ1) is 23.2. The molecule has 0 aliphatic rings. The Morgan fingerprint density at radius 1 is 1.14 bits per heavy atom. The summed E-state index contributed by atoms with van der Waals surface area (Å²) in [6.45, 7) is 6.92. The van der Waals surface area contributed by atoms with E-state index in [1.807, 2.05) is 64.3 Å². The first-order valence-electron chi connectivity index (χ1n) is 9.69. The topological polar surface area (TPSA) is 62.8 Å². The lowest BCUT2D eigenvalue weighted by Crippen LogP contribution is -2.26. The summed E-state index contributed by atoms with van der Waals surface area (Å²) in [6, 6.07) is 11.6. The highest BCUT2D eigenvalue weighted by Gasteiger charge is 2.14. The van der Waals surface area contributed by atoms with Crippen LogP contribution >= 0.6 is 15.9 Å². The molecule has 0 fully saturated rings. The number of nitrogens with one attached hydrogen (secondary N) is 2. The Kier molecular flexibility index (Phi) is 9.44. The third-order valence-electron chi connectivity index (χ3n) is 4.12. The molecule has 0 heterocycles. The molecule has 0 aromatic heterocycles. The fraction of sp³-hybridized carbons (Fsp3) is 0.409. The quantitative estimate of drug-likeness (QED) is 0.495. The predicted molar refractivity (Wildman–Crippen MR) is 121 cm³/mol. The lowest BCUT2D eigenvalue weighted by molar-refractivity contribution is -0.118. The van der Waals surface area contributed by atoms with Crippen LogP contribution in [0.4, 0.5) is 5.69 Å². The largest absolute Gasteiger partial charge is 0.490 e. The summed E-state index contributed by atoms with van der Waals surface area (Å²) in [5.74, 6) is 0.926. The Labute approximate surface area is 181 Å². The van der Waals surface area contributed by atoms with Crippen molar-refractivity contribution in [3.05, 3.63) is 52.0 Å². The second-order valence-electron chi connectivity index (χ2n) is 7.02. The van der Waals surface area contributed by atoms with Gasteiger partial charge in [0.2, 0.25) is 0 Å². The van der Waals surface area contributed by atoms with Crippen molar-refractivity contribution in [2.75, 3.05) is 45.7 Å². The summed E-state index contributed by atoms with van der Waals surface area (Å²) in [7, 11) is 4.10. The Bertz CT molecular complexity index is 795. The molecule has 6 nitrogen and oxygen atoms in total. The normalized spacial score (nSPS) is 10.8. The number of halogens is 1. The van der Waals surface area contributed by atoms with E-state index in [4.69, 9.17) is 9.47 Å². The third kappa shape index (κ3) is 8.04. The molecule has 0 saturated carbocycles. The Balaban J connectivity index is 1.98. The molecular weight excluding hydrogens is 434 g/mol. The molecule has 0 aliphatic heterocycles. The number of nitrogens with zero attached hydrogens (tertiary/aromatic N) is 1. The van der Waals surface area contributed by atoms with Crippen molar-refractivity contribution in [1.82, 2.24) is 10.2 Å². The zero-order chi connectivity index (χ0) is 21.2. The molecular formula is C22H30BrN3O3. The minimum atomic E-state index is -0.224. The SMILES string of the molecule is CCOc1cc(CNCCN(C)C)cc(Br)c1OCC(=O)Nc1ccc(C)cc1. The van der Waals surface area contributed by atoms with E-state index in [0.717, 1.165) is 40.9 Å². The van der Waals surface area contributed by atoms with Crippen molar-refractivity contribution in [2.24, 2.45) is 0 Å². The number of ether oxygens (including phenoxy) is 2. The van der Waals surface area contributed by atoms with Gasteiger partial charge in [0.1, 0.15) is 0 Å². The minimum Gasteiger partial charge on any atom is -0.490 e. The summed E-state index contributed by atoms with van der Waals surface area (Å²) in [5, 5.41) is 6.24. The second kappa shape index (κ2) is 11.8. The fourth-order valence-corrected chi connectivity index (χ4v) is 3.24. The van der Waals surface area contributed by atoms with E-state index in [2.05, 4.69) is 31.5 Å². The first-order valence-corrected chi connectivity index (χ1v) is 10.5. The minimum absolute atomic E-state index is 0.104. The van der Waals surface area contributed by atoms with Crippen LogP contribution in [-0.2, 0) is 11.3 Å². The van der Waals surface area contributed by atoms with Crippen LogP contribution in [0.3, 0.4) is 0 Å². The first-order chi connectivity index (χ1) is 13.9. The summed E-state index contributed by atoms with van der Waals surface area (Å²) >= 11 is 3.55. The van der Waals surface area contributed by atoms with Crippen LogP contribution in [0.1, 0.15) is 18.1 Å². The number of hydrogen-bond donors (Lipinski definition) is 2. The van der Waals surface area contributed by atoms with Gasteiger partial charge in [0.15, 0.2) is 18.1 Å². The van der Waals surface area contributed by atoms with Crippen molar-refractivity contribution in [2.45, 2.75) is 20.4 Å². The van der Waals surface area contributed by atoms with E-state index in [9.17, 15) is 4.79 Å². The number of carbonyl (C=O) groups is 1. The average Bonchev–Trinajstić information content (AvgIpc) is 2.66. The van der Waals surface area contributed by atoms with Crippen LogP contribution in [0.15, 0.2) is 40.9 Å². The molecule has 2 N–H and O–H groups in total. The van der Waals surface area contributed by atoms with Gasteiger partial charge in [-0.15, -0.1) is 0 Å². The van der Waals surface area contributed by atoms with E-state index in [1.165, 1.54) is 0 Å². The fourth-order valence-electron chi connectivity index (χ4n) is 2.63. The molecule has 2 aromatic rings. The summed E-state index contributed by atoms with van der Waals surface area (Å²) in [5.41, 5.74) is 2.96. The van der Waals surface area contributed by atoms with Gasteiger partial charge < -0.3 is 25.0 Å². The maximum Gasteiger partial charge on any atom is 0.262 e. The predicted octanol–water partition coefficient (Wildman–Crippen LogP) is 3.82. The van der Waals surface area contributed by atoms with Crippen LogP contribution in [0.2, 0.25) is 0 Å². The van der Waals surface area contributed by atoms with Crippen molar-refractivity contribution < 1.29 is 14.3 Å². The zero-order valence-electron chi connectivity index (χ0n) is 17.5. The van der Waals surface area contributed by atoms with Gasteiger partial charge in [-0.05, 0) is 73.7 Å². The van der Waals surface area contributed by atoms with Crippen LogP contribution in [-0.4, -0.2) is 51.2 Å². The molecule has 7 heteroatoms. The number of benzene rings is 2. The van der Waals surface area contributed by atoms with Crippen LogP contribution in [0.5, 0.6) is 11.5 Å². The number of rotatable bonds is 11. The number of anilines is 1. The average molecular weight is 464 g/mol. The Morgan fingerprint density at radius 2 is 1.86 bits per heavy atom. The van der Waals surface area contributed by atoms with Gasteiger partial charge in [-0.3, -0.25) is 4.79 Å². The maximum absolute atomic E-state index is 12.2. The van der Waals surface area contributed by atoms with E-state index < -0.39 is 0 Å². The summed E-state index contributed by atoms with van der Waals surface area (Å²) in [4.78, 5) is 14.4. The lowest BCUT2D eigenvalue weighted by atomic mass is 10.2. The Hall–Kier alpha value is -2.09. The number of carbonyl (C=O) groups excluding carboxylic acids is 1. The third-order valence-corrected chi connectivity index (χ3v) is 4.71. The van der Waals surface area contributed by atoms with Crippen molar-refractivity contribution in [3.8, 4) is 11.5 Å². The molecule has 0 aliphatic carbocycles. The molecule has 0 spiro atoms. The maximum atomic E-state index is 12.2.